The summed E-state index contributed by atoms with van der Waals surface area (Å²) < 4.78 is 10.3. The summed E-state index contributed by atoms with van der Waals surface area (Å²) in [4.78, 5) is 24.2. The molecule has 0 saturated carbocycles. The second-order valence-corrected chi connectivity index (χ2v) is 6.04. The maximum absolute atomic E-state index is 12.1. The molecule has 0 unspecified atom stereocenters. The second kappa shape index (κ2) is 9.31. The van der Waals surface area contributed by atoms with Gasteiger partial charge in [0.2, 0.25) is 5.91 Å². The molecular weight excluding hydrogens is 379 g/mol. The summed E-state index contributed by atoms with van der Waals surface area (Å²) in [6, 6.07) is 9.82. The third-order valence-corrected chi connectivity index (χ3v) is 4.13. The van der Waals surface area contributed by atoms with Gasteiger partial charge in [0, 0.05) is 25.1 Å². The zero-order chi connectivity index (χ0) is 19.1. The smallest absolute Gasteiger partial charge is 0.252 e. The van der Waals surface area contributed by atoms with Crippen molar-refractivity contribution in [2.45, 2.75) is 6.42 Å². The van der Waals surface area contributed by atoms with Crippen LogP contribution in [0, 0.1) is 0 Å². The van der Waals surface area contributed by atoms with Crippen LogP contribution in [0.3, 0.4) is 0 Å². The van der Waals surface area contributed by atoms with Crippen LogP contribution in [-0.4, -0.2) is 32.6 Å². The number of carbonyl (C=O) groups excluding carboxylic acids is 2. The maximum atomic E-state index is 12.1. The topological polar surface area (TPSA) is 76.7 Å². The van der Waals surface area contributed by atoms with Gasteiger partial charge in [0.25, 0.3) is 5.91 Å². The van der Waals surface area contributed by atoms with E-state index in [-0.39, 0.29) is 24.8 Å². The number of hydrogen-bond acceptors (Lipinski definition) is 4. The maximum Gasteiger partial charge on any atom is 0.252 e. The van der Waals surface area contributed by atoms with Crippen LogP contribution in [0.2, 0.25) is 10.0 Å². The molecule has 2 rings (SSSR count). The van der Waals surface area contributed by atoms with Crippen LogP contribution in [0.5, 0.6) is 11.5 Å². The van der Waals surface area contributed by atoms with Crippen LogP contribution >= 0.6 is 23.2 Å². The molecule has 2 aromatic carbocycles. The number of amides is 2. The lowest BCUT2D eigenvalue weighted by Gasteiger charge is -2.13. The Kier molecular flexibility index (Phi) is 7.12. The van der Waals surface area contributed by atoms with Gasteiger partial charge in [0.05, 0.1) is 35.5 Å². The molecule has 8 heteroatoms. The second-order valence-electron chi connectivity index (χ2n) is 5.22. The van der Waals surface area contributed by atoms with Gasteiger partial charge in [-0.3, -0.25) is 9.59 Å². The van der Waals surface area contributed by atoms with Crippen LogP contribution in [-0.2, 0) is 4.79 Å². The minimum atomic E-state index is -0.339. The number of methoxy groups -OCH3 is 2. The number of rotatable bonds is 7. The standard InChI is InChI=1S/C18H18Cl2N2O4/c1-25-15-10-14(16(26-2)9-13(15)20)22-17(23)7-8-21-18(24)11-5-3-4-6-12(11)19/h3-6,9-10H,7-8H2,1-2H3,(H,21,24)(H,22,23). The fraction of sp³-hybridized carbons (Fsp3) is 0.222. The fourth-order valence-corrected chi connectivity index (χ4v) is 2.65. The quantitative estimate of drug-likeness (QED) is 0.746. The highest BCUT2D eigenvalue weighted by molar-refractivity contribution is 6.33. The van der Waals surface area contributed by atoms with Crippen molar-refractivity contribution in [1.29, 1.82) is 0 Å². The number of nitrogens with one attached hydrogen (secondary N) is 2. The van der Waals surface area contributed by atoms with Crippen molar-refractivity contribution < 1.29 is 19.1 Å². The van der Waals surface area contributed by atoms with E-state index < -0.39 is 0 Å². The first-order valence-electron chi connectivity index (χ1n) is 7.70. The first kappa shape index (κ1) is 19.9. The number of ether oxygens (including phenoxy) is 2. The van der Waals surface area contributed by atoms with Crippen LogP contribution in [0.15, 0.2) is 36.4 Å². The molecule has 6 nitrogen and oxygen atoms in total. The molecule has 0 aliphatic rings. The number of anilines is 1. The van der Waals surface area contributed by atoms with Gasteiger partial charge in [-0.25, -0.2) is 0 Å². The molecule has 26 heavy (non-hydrogen) atoms. The van der Waals surface area contributed by atoms with Gasteiger partial charge in [-0.1, -0.05) is 35.3 Å². The van der Waals surface area contributed by atoms with Crippen LogP contribution in [0.4, 0.5) is 5.69 Å². The van der Waals surface area contributed by atoms with Crippen molar-refractivity contribution >= 4 is 40.7 Å². The monoisotopic (exact) mass is 396 g/mol. The molecule has 0 radical (unpaired) electrons. The first-order valence-corrected chi connectivity index (χ1v) is 8.46. The Morgan fingerprint density at radius 1 is 1.00 bits per heavy atom. The van der Waals surface area contributed by atoms with Gasteiger partial charge in [0.1, 0.15) is 11.5 Å². The van der Waals surface area contributed by atoms with E-state index in [0.717, 1.165) is 0 Å². The van der Waals surface area contributed by atoms with E-state index in [1.807, 2.05) is 0 Å². The van der Waals surface area contributed by atoms with Crippen molar-refractivity contribution in [1.82, 2.24) is 5.32 Å². The van der Waals surface area contributed by atoms with E-state index in [9.17, 15) is 9.59 Å². The number of halogens is 2. The Labute approximate surface area is 161 Å². The predicted octanol–water partition coefficient (Wildman–Crippen LogP) is 3.77. The fourth-order valence-electron chi connectivity index (χ4n) is 2.20. The molecule has 0 atom stereocenters. The Bertz CT molecular complexity index is 812. The van der Waals surface area contributed by atoms with E-state index in [2.05, 4.69) is 10.6 Å². The third-order valence-electron chi connectivity index (χ3n) is 3.50. The minimum Gasteiger partial charge on any atom is -0.495 e. The first-order chi connectivity index (χ1) is 12.5. The highest BCUT2D eigenvalue weighted by Crippen LogP contribution is 2.35. The van der Waals surface area contributed by atoms with Crippen LogP contribution in [0.1, 0.15) is 16.8 Å². The average molecular weight is 397 g/mol. The van der Waals surface area contributed by atoms with Crippen LogP contribution < -0.4 is 20.1 Å². The number of carbonyl (C=O) groups is 2. The summed E-state index contributed by atoms with van der Waals surface area (Å²) in [5.41, 5.74) is 0.787. The lowest BCUT2D eigenvalue weighted by atomic mass is 10.2. The normalized spacial score (nSPS) is 10.2. The van der Waals surface area contributed by atoms with Gasteiger partial charge >= 0.3 is 0 Å². The molecular formula is C18H18Cl2N2O4. The molecule has 0 aliphatic carbocycles. The molecule has 2 N–H and O–H groups in total. The summed E-state index contributed by atoms with van der Waals surface area (Å²) >= 11 is 12.0. The van der Waals surface area contributed by atoms with E-state index in [4.69, 9.17) is 32.7 Å². The highest BCUT2D eigenvalue weighted by Gasteiger charge is 2.13. The Morgan fingerprint density at radius 3 is 2.35 bits per heavy atom. The minimum absolute atomic E-state index is 0.0737. The summed E-state index contributed by atoms with van der Waals surface area (Å²) in [5.74, 6) is 0.181. The lowest BCUT2D eigenvalue weighted by Crippen LogP contribution is -2.27. The number of benzene rings is 2. The summed E-state index contributed by atoms with van der Waals surface area (Å²) in [6.07, 6.45) is 0.0737. The van der Waals surface area contributed by atoms with Crippen molar-refractivity contribution in [3.8, 4) is 11.5 Å². The van der Waals surface area contributed by atoms with E-state index >= 15 is 0 Å². The molecule has 2 aromatic rings. The molecule has 0 bridgehead atoms. The van der Waals surface area contributed by atoms with E-state index in [1.165, 1.54) is 14.2 Å². The molecule has 0 heterocycles. The average Bonchev–Trinajstić information content (AvgIpc) is 2.63. The zero-order valence-corrected chi connectivity index (χ0v) is 15.8. The SMILES string of the molecule is COc1cc(NC(=O)CCNC(=O)c2ccccc2Cl)c(OC)cc1Cl. The van der Waals surface area contributed by atoms with E-state index in [0.29, 0.717) is 32.8 Å². The molecule has 0 aromatic heterocycles. The van der Waals surface area contributed by atoms with Crippen molar-refractivity contribution in [3.05, 3.63) is 52.0 Å². The van der Waals surface area contributed by atoms with Crippen molar-refractivity contribution in [3.63, 3.8) is 0 Å². The molecule has 0 fully saturated rings. The zero-order valence-electron chi connectivity index (χ0n) is 14.3. The van der Waals surface area contributed by atoms with Gasteiger partial charge < -0.3 is 20.1 Å². The van der Waals surface area contributed by atoms with Crippen molar-refractivity contribution in [2.75, 3.05) is 26.1 Å². The predicted molar refractivity (Wildman–Crippen MR) is 102 cm³/mol. The van der Waals surface area contributed by atoms with Crippen molar-refractivity contribution in [2.24, 2.45) is 0 Å². The number of hydrogen-bond donors (Lipinski definition) is 2. The molecule has 2 amide bonds. The summed E-state index contributed by atoms with van der Waals surface area (Å²) in [5, 5.41) is 6.09. The molecule has 0 aliphatic heterocycles. The summed E-state index contributed by atoms with van der Waals surface area (Å²) in [6.45, 7) is 0.156. The van der Waals surface area contributed by atoms with Gasteiger partial charge in [-0.15, -0.1) is 0 Å². The lowest BCUT2D eigenvalue weighted by molar-refractivity contribution is -0.116. The Hall–Kier alpha value is -2.44. The molecule has 138 valence electrons. The van der Waals surface area contributed by atoms with Gasteiger partial charge in [-0.05, 0) is 12.1 Å². The van der Waals surface area contributed by atoms with Gasteiger partial charge in [-0.2, -0.15) is 0 Å². The Balaban J connectivity index is 1.93. The molecule has 0 spiro atoms. The molecule has 0 saturated heterocycles. The third kappa shape index (κ3) is 5.03. The largest absolute Gasteiger partial charge is 0.495 e. The highest BCUT2D eigenvalue weighted by atomic mass is 35.5. The van der Waals surface area contributed by atoms with Crippen LogP contribution in [0.25, 0.3) is 0 Å². The van der Waals surface area contributed by atoms with E-state index in [1.54, 1.807) is 36.4 Å². The van der Waals surface area contributed by atoms with Gasteiger partial charge in [0.15, 0.2) is 0 Å². The Morgan fingerprint density at radius 2 is 1.69 bits per heavy atom. The summed E-state index contributed by atoms with van der Waals surface area (Å²) in [7, 11) is 2.95.